The maximum atomic E-state index is 12.5. The SMILES string of the molecule is CS(=O)(=O)N(CCCC(=O)Nc1ccc2c(c1)oc1ccccc12)c1ccc2c(c1)OCO2. The predicted molar refractivity (Wildman–Crippen MR) is 126 cm³/mol. The minimum Gasteiger partial charge on any atom is -0.456 e. The lowest BCUT2D eigenvalue weighted by Gasteiger charge is -2.22. The third kappa shape index (κ3) is 4.31. The van der Waals surface area contributed by atoms with Crippen molar-refractivity contribution in [2.45, 2.75) is 12.8 Å². The third-order valence-corrected chi connectivity index (χ3v) is 6.67. The van der Waals surface area contributed by atoms with Crippen molar-refractivity contribution in [3.63, 3.8) is 0 Å². The van der Waals surface area contributed by atoms with Gasteiger partial charge in [0.05, 0.1) is 11.9 Å². The van der Waals surface area contributed by atoms with Crippen LogP contribution in [-0.4, -0.2) is 33.9 Å². The standard InChI is InChI=1S/C24H22N2O6S/c1-33(28,29)26(17-9-11-21-23(14-17)31-15-30-21)12-4-7-24(27)25-16-8-10-19-18-5-2-3-6-20(18)32-22(19)13-16/h2-3,5-6,8-11,13-14H,4,7,12,15H2,1H3,(H,25,27). The average molecular weight is 467 g/mol. The lowest BCUT2D eigenvalue weighted by atomic mass is 10.1. The van der Waals surface area contributed by atoms with Gasteiger partial charge in [-0.15, -0.1) is 0 Å². The number of furan rings is 1. The van der Waals surface area contributed by atoms with Crippen molar-refractivity contribution in [3.8, 4) is 11.5 Å². The number of para-hydroxylation sites is 1. The van der Waals surface area contributed by atoms with Crippen LogP contribution in [0.3, 0.4) is 0 Å². The molecule has 170 valence electrons. The van der Waals surface area contributed by atoms with Gasteiger partial charge in [0.15, 0.2) is 11.5 Å². The molecule has 5 rings (SSSR count). The number of benzene rings is 3. The van der Waals surface area contributed by atoms with Gasteiger partial charge in [-0.25, -0.2) is 8.42 Å². The first-order valence-electron chi connectivity index (χ1n) is 10.5. The lowest BCUT2D eigenvalue weighted by Crippen LogP contribution is -2.31. The van der Waals surface area contributed by atoms with Crippen molar-refractivity contribution in [2.75, 3.05) is 29.2 Å². The highest BCUT2D eigenvalue weighted by molar-refractivity contribution is 7.92. The largest absolute Gasteiger partial charge is 0.456 e. The first kappa shape index (κ1) is 21.1. The molecule has 1 aromatic heterocycles. The molecular weight excluding hydrogens is 444 g/mol. The summed E-state index contributed by atoms with van der Waals surface area (Å²) < 4.78 is 42.4. The maximum Gasteiger partial charge on any atom is 0.232 e. The van der Waals surface area contributed by atoms with E-state index in [1.54, 1.807) is 24.3 Å². The van der Waals surface area contributed by atoms with Gasteiger partial charge >= 0.3 is 0 Å². The first-order chi connectivity index (χ1) is 15.9. The molecule has 2 heterocycles. The quantitative estimate of drug-likeness (QED) is 0.431. The Bertz CT molecular complexity index is 1460. The summed E-state index contributed by atoms with van der Waals surface area (Å²) >= 11 is 0. The smallest absolute Gasteiger partial charge is 0.232 e. The number of hydrogen-bond acceptors (Lipinski definition) is 6. The third-order valence-electron chi connectivity index (χ3n) is 5.47. The van der Waals surface area contributed by atoms with Crippen molar-refractivity contribution in [1.29, 1.82) is 0 Å². The number of carbonyl (C=O) groups is 1. The van der Waals surface area contributed by atoms with Crippen LogP contribution in [0.4, 0.5) is 11.4 Å². The number of ether oxygens (including phenoxy) is 2. The molecule has 0 spiro atoms. The normalized spacial score (nSPS) is 12.9. The Morgan fingerprint density at radius 2 is 1.76 bits per heavy atom. The number of rotatable bonds is 7. The molecule has 1 amide bonds. The van der Waals surface area contributed by atoms with Crippen LogP contribution in [0, 0.1) is 0 Å². The number of nitrogens with one attached hydrogen (secondary N) is 1. The molecular formula is C24H22N2O6S. The predicted octanol–water partition coefficient (Wildman–Crippen LogP) is 4.50. The van der Waals surface area contributed by atoms with Gasteiger partial charge in [-0.2, -0.15) is 0 Å². The van der Waals surface area contributed by atoms with E-state index in [9.17, 15) is 13.2 Å². The van der Waals surface area contributed by atoms with E-state index in [1.807, 2.05) is 36.4 Å². The van der Waals surface area contributed by atoms with E-state index in [1.165, 1.54) is 4.31 Å². The molecule has 1 aliphatic rings. The second kappa shape index (κ2) is 8.32. The van der Waals surface area contributed by atoms with Gasteiger partial charge in [-0.3, -0.25) is 9.10 Å². The molecule has 0 radical (unpaired) electrons. The number of carbonyl (C=O) groups excluding carboxylic acids is 1. The fraction of sp³-hybridized carbons (Fsp3) is 0.208. The molecule has 0 unspecified atom stereocenters. The van der Waals surface area contributed by atoms with Gasteiger partial charge < -0.3 is 19.2 Å². The van der Waals surface area contributed by atoms with E-state index in [4.69, 9.17) is 13.9 Å². The number of sulfonamides is 1. The van der Waals surface area contributed by atoms with Gasteiger partial charge in [0.2, 0.25) is 22.7 Å². The van der Waals surface area contributed by atoms with E-state index in [0.717, 1.165) is 22.6 Å². The highest BCUT2D eigenvalue weighted by Gasteiger charge is 2.21. The number of nitrogens with zero attached hydrogens (tertiary/aromatic N) is 1. The Hall–Kier alpha value is -3.72. The average Bonchev–Trinajstić information content (AvgIpc) is 3.39. The van der Waals surface area contributed by atoms with E-state index < -0.39 is 10.0 Å². The molecule has 4 aromatic rings. The Kier molecular flexibility index (Phi) is 5.33. The summed E-state index contributed by atoms with van der Waals surface area (Å²) in [6.07, 6.45) is 1.65. The van der Waals surface area contributed by atoms with Crippen molar-refractivity contribution < 1.29 is 27.1 Å². The zero-order valence-corrected chi connectivity index (χ0v) is 18.7. The summed E-state index contributed by atoms with van der Waals surface area (Å²) in [6.45, 7) is 0.270. The molecule has 0 saturated heterocycles. The Labute approximate surface area is 190 Å². The van der Waals surface area contributed by atoms with Gasteiger partial charge in [-0.1, -0.05) is 18.2 Å². The highest BCUT2D eigenvalue weighted by atomic mass is 32.2. The van der Waals surface area contributed by atoms with Gasteiger partial charge in [0.1, 0.15) is 11.2 Å². The second-order valence-electron chi connectivity index (χ2n) is 7.83. The van der Waals surface area contributed by atoms with Crippen molar-refractivity contribution in [2.24, 2.45) is 0 Å². The number of anilines is 2. The molecule has 0 bridgehead atoms. The molecule has 0 aliphatic carbocycles. The minimum atomic E-state index is -3.54. The lowest BCUT2D eigenvalue weighted by molar-refractivity contribution is -0.116. The minimum absolute atomic E-state index is 0.109. The van der Waals surface area contributed by atoms with E-state index >= 15 is 0 Å². The molecule has 0 atom stereocenters. The van der Waals surface area contributed by atoms with Crippen LogP contribution in [0.15, 0.2) is 65.1 Å². The molecule has 3 aromatic carbocycles. The number of hydrogen-bond donors (Lipinski definition) is 1. The molecule has 0 fully saturated rings. The summed E-state index contributed by atoms with van der Waals surface area (Å²) in [4.78, 5) is 12.5. The topological polar surface area (TPSA) is 98.1 Å². The van der Waals surface area contributed by atoms with Gasteiger partial charge in [0, 0.05) is 41.6 Å². The molecule has 9 heteroatoms. The molecule has 1 N–H and O–H groups in total. The fourth-order valence-corrected chi connectivity index (χ4v) is 4.89. The number of amides is 1. The summed E-state index contributed by atoms with van der Waals surface area (Å²) in [5.74, 6) is 0.873. The Morgan fingerprint density at radius 3 is 2.61 bits per heavy atom. The van der Waals surface area contributed by atoms with Crippen molar-refractivity contribution in [1.82, 2.24) is 0 Å². The van der Waals surface area contributed by atoms with Crippen LogP contribution in [0.25, 0.3) is 21.9 Å². The summed E-state index contributed by atoms with van der Waals surface area (Å²) in [6, 6.07) is 18.3. The van der Waals surface area contributed by atoms with E-state index in [-0.39, 0.29) is 25.7 Å². The summed E-state index contributed by atoms with van der Waals surface area (Å²) in [7, 11) is -3.54. The van der Waals surface area contributed by atoms with Crippen molar-refractivity contribution in [3.05, 3.63) is 60.7 Å². The monoisotopic (exact) mass is 466 g/mol. The highest BCUT2D eigenvalue weighted by Crippen LogP contribution is 2.36. The second-order valence-corrected chi connectivity index (χ2v) is 9.74. The first-order valence-corrected chi connectivity index (χ1v) is 12.3. The van der Waals surface area contributed by atoms with Crippen LogP contribution in [0.2, 0.25) is 0 Å². The van der Waals surface area contributed by atoms with Crippen LogP contribution >= 0.6 is 0 Å². The molecule has 8 nitrogen and oxygen atoms in total. The van der Waals surface area contributed by atoms with Crippen LogP contribution < -0.4 is 19.1 Å². The van der Waals surface area contributed by atoms with Gasteiger partial charge in [0.25, 0.3) is 0 Å². The summed E-state index contributed by atoms with van der Waals surface area (Å²) in [5, 5.41) is 4.87. The van der Waals surface area contributed by atoms with E-state index in [0.29, 0.717) is 34.9 Å². The number of fused-ring (bicyclic) bond motifs is 4. The van der Waals surface area contributed by atoms with Crippen molar-refractivity contribution >= 4 is 49.2 Å². The Balaban J connectivity index is 1.24. The van der Waals surface area contributed by atoms with Gasteiger partial charge in [-0.05, 0) is 36.8 Å². The Morgan fingerprint density at radius 1 is 0.970 bits per heavy atom. The zero-order chi connectivity index (χ0) is 23.0. The molecule has 33 heavy (non-hydrogen) atoms. The van der Waals surface area contributed by atoms with Crippen LogP contribution in [-0.2, 0) is 14.8 Å². The zero-order valence-electron chi connectivity index (χ0n) is 17.9. The van der Waals surface area contributed by atoms with E-state index in [2.05, 4.69) is 5.32 Å². The maximum absolute atomic E-state index is 12.5. The molecule has 0 saturated carbocycles. The fourth-order valence-electron chi connectivity index (χ4n) is 3.94. The van der Waals surface area contributed by atoms with Crippen LogP contribution in [0.5, 0.6) is 11.5 Å². The van der Waals surface area contributed by atoms with Crippen LogP contribution in [0.1, 0.15) is 12.8 Å². The summed E-state index contributed by atoms with van der Waals surface area (Å²) in [5.41, 5.74) is 2.58. The molecule has 1 aliphatic heterocycles.